The third-order valence-corrected chi connectivity index (χ3v) is 4.99. The van der Waals surface area contributed by atoms with Crippen LogP contribution in [-0.4, -0.2) is 49.2 Å². The second-order valence-electron chi connectivity index (χ2n) is 5.61. The SMILES string of the molecule is O=C(NCC1CN2CCCC2CO1)c1cc(Br)cc(Br)c1. The van der Waals surface area contributed by atoms with Gasteiger partial charge in [0.05, 0.1) is 12.7 Å². The predicted molar refractivity (Wildman–Crippen MR) is 88.5 cm³/mol. The lowest BCUT2D eigenvalue weighted by atomic mass is 10.1. The topological polar surface area (TPSA) is 41.6 Å². The standard InChI is InChI=1S/C15H18Br2N2O2/c16-11-4-10(5-12(17)6-11)15(20)18-7-14-8-19-3-1-2-13(19)9-21-14/h4-6,13-14H,1-3,7-9H2,(H,18,20). The van der Waals surface area contributed by atoms with Gasteiger partial charge in [0.25, 0.3) is 5.91 Å². The van der Waals surface area contributed by atoms with Gasteiger partial charge in [-0.3, -0.25) is 9.69 Å². The molecule has 2 aliphatic rings. The van der Waals surface area contributed by atoms with E-state index < -0.39 is 0 Å². The van der Waals surface area contributed by atoms with E-state index in [1.807, 2.05) is 18.2 Å². The Balaban J connectivity index is 1.53. The number of fused-ring (bicyclic) bond motifs is 1. The summed E-state index contributed by atoms with van der Waals surface area (Å²) in [6.07, 6.45) is 2.60. The number of benzene rings is 1. The zero-order chi connectivity index (χ0) is 14.8. The van der Waals surface area contributed by atoms with Crippen LogP contribution in [-0.2, 0) is 4.74 Å². The minimum atomic E-state index is -0.0656. The van der Waals surface area contributed by atoms with E-state index in [4.69, 9.17) is 4.74 Å². The molecule has 3 rings (SSSR count). The third kappa shape index (κ3) is 3.86. The first-order valence-electron chi connectivity index (χ1n) is 7.22. The number of amides is 1. The molecular weight excluding hydrogens is 400 g/mol. The zero-order valence-corrected chi connectivity index (χ0v) is 14.8. The summed E-state index contributed by atoms with van der Waals surface area (Å²) in [4.78, 5) is 14.7. The molecule has 1 N–H and O–H groups in total. The van der Waals surface area contributed by atoms with Crippen LogP contribution >= 0.6 is 31.9 Å². The van der Waals surface area contributed by atoms with Crippen molar-refractivity contribution in [3.05, 3.63) is 32.7 Å². The van der Waals surface area contributed by atoms with E-state index in [1.54, 1.807) is 0 Å². The van der Waals surface area contributed by atoms with E-state index in [-0.39, 0.29) is 12.0 Å². The first kappa shape index (κ1) is 15.5. The molecule has 2 aliphatic heterocycles. The van der Waals surface area contributed by atoms with Crippen molar-refractivity contribution in [2.24, 2.45) is 0 Å². The number of nitrogens with zero attached hydrogens (tertiary/aromatic N) is 1. The van der Waals surface area contributed by atoms with Gasteiger partial charge >= 0.3 is 0 Å². The van der Waals surface area contributed by atoms with Crippen LogP contribution in [0.25, 0.3) is 0 Å². The number of ether oxygens (including phenoxy) is 1. The number of hydrogen-bond donors (Lipinski definition) is 1. The molecule has 2 atom stereocenters. The number of hydrogen-bond acceptors (Lipinski definition) is 3. The monoisotopic (exact) mass is 416 g/mol. The van der Waals surface area contributed by atoms with Gasteiger partial charge in [0.15, 0.2) is 0 Å². The van der Waals surface area contributed by atoms with E-state index >= 15 is 0 Å². The van der Waals surface area contributed by atoms with Crippen molar-refractivity contribution in [1.82, 2.24) is 10.2 Å². The van der Waals surface area contributed by atoms with Crippen molar-refractivity contribution >= 4 is 37.8 Å². The average Bonchev–Trinajstić information content (AvgIpc) is 2.91. The Morgan fingerprint density at radius 3 is 2.86 bits per heavy atom. The van der Waals surface area contributed by atoms with Gasteiger partial charge < -0.3 is 10.1 Å². The molecule has 6 heteroatoms. The highest BCUT2D eigenvalue weighted by molar-refractivity contribution is 9.11. The maximum atomic E-state index is 12.2. The smallest absolute Gasteiger partial charge is 0.251 e. The highest BCUT2D eigenvalue weighted by Crippen LogP contribution is 2.23. The van der Waals surface area contributed by atoms with Gasteiger partial charge in [0.2, 0.25) is 0 Å². The number of nitrogens with one attached hydrogen (secondary N) is 1. The molecule has 1 amide bonds. The lowest BCUT2D eigenvalue weighted by Gasteiger charge is -2.35. The average molecular weight is 418 g/mol. The first-order valence-corrected chi connectivity index (χ1v) is 8.80. The Morgan fingerprint density at radius 1 is 1.33 bits per heavy atom. The summed E-state index contributed by atoms with van der Waals surface area (Å²) in [6.45, 7) is 3.44. The van der Waals surface area contributed by atoms with Crippen LogP contribution in [0.2, 0.25) is 0 Å². The van der Waals surface area contributed by atoms with E-state index in [9.17, 15) is 4.79 Å². The minimum Gasteiger partial charge on any atom is -0.373 e. The maximum absolute atomic E-state index is 12.2. The van der Waals surface area contributed by atoms with Gasteiger partial charge in [0.1, 0.15) is 0 Å². The molecule has 0 aliphatic carbocycles. The molecule has 0 radical (unpaired) electrons. The molecule has 4 nitrogen and oxygen atoms in total. The largest absolute Gasteiger partial charge is 0.373 e. The Morgan fingerprint density at radius 2 is 2.10 bits per heavy atom. The van der Waals surface area contributed by atoms with Gasteiger partial charge in [-0.25, -0.2) is 0 Å². The van der Waals surface area contributed by atoms with Crippen LogP contribution in [0.4, 0.5) is 0 Å². The molecule has 21 heavy (non-hydrogen) atoms. The summed E-state index contributed by atoms with van der Waals surface area (Å²) in [5.74, 6) is -0.0656. The molecule has 0 aromatic heterocycles. The van der Waals surface area contributed by atoms with Crippen molar-refractivity contribution in [2.75, 3.05) is 26.2 Å². The van der Waals surface area contributed by atoms with Gasteiger partial charge in [-0.1, -0.05) is 31.9 Å². The van der Waals surface area contributed by atoms with Crippen LogP contribution in [0.1, 0.15) is 23.2 Å². The highest BCUT2D eigenvalue weighted by Gasteiger charge is 2.32. The Kier molecular flexibility index (Phi) is 4.99. The zero-order valence-electron chi connectivity index (χ0n) is 11.6. The number of halogens is 2. The van der Waals surface area contributed by atoms with E-state index in [1.165, 1.54) is 12.8 Å². The summed E-state index contributed by atoms with van der Waals surface area (Å²) in [5, 5.41) is 2.97. The molecule has 1 aromatic carbocycles. The van der Waals surface area contributed by atoms with Crippen LogP contribution in [0.3, 0.4) is 0 Å². The molecule has 0 spiro atoms. The van der Waals surface area contributed by atoms with Crippen molar-refractivity contribution in [2.45, 2.75) is 25.0 Å². The van der Waals surface area contributed by atoms with Crippen LogP contribution in [0.15, 0.2) is 27.1 Å². The Labute approximate surface area is 141 Å². The summed E-state index contributed by atoms with van der Waals surface area (Å²) in [7, 11) is 0. The molecule has 114 valence electrons. The summed E-state index contributed by atoms with van der Waals surface area (Å²) in [5.41, 5.74) is 0.645. The van der Waals surface area contributed by atoms with Crippen molar-refractivity contribution in [1.29, 1.82) is 0 Å². The summed E-state index contributed by atoms with van der Waals surface area (Å²) in [6, 6.07) is 6.14. The second kappa shape index (κ2) is 6.77. The molecule has 0 saturated carbocycles. The second-order valence-corrected chi connectivity index (χ2v) is 7.45. The lowest BCUT2D eigenvalue weighted by molar-refractivity contribution is -0.0461. The van der Waals surface area contributed by atoms with Crippen LogP contribution in [0, 0.1) is 0 Å². The molecular formula is C15H18Br2N2O2. The molecule has 2 saturated heterocycles. The van der Waals surface area contributed by atoms with Gasteiger partial charge in [0, 0.05) is 33.6 Å². The predicted octanol–water partition coefficient (Wildman–Crippen LogP) is 2.80. The number of rotatable bonds is 3. The van der Waals surface area contributed by atoms with E-state index in [2.05, 4.69) is 42.1 Å². The Bertz CT molecular complexity index is 518. The Hall–Kier alpha value is -0.430. The fourth-order valence-electron chi connectivity index (χ4n) is 3.00. The summed E-state index contributed by atoms with van der Waals surface area (Å²) < 4.78 is 7.62. The number of carbonyl (C=O) groups is 1. The molecule has 2 heterocycles. The lowest BCUT2D eigenvalue weighted by Crippen LogP contribution is -2.50. The van der Waals surface area contributed by atoms with Crippen molar-refractivity contribution < 1.29 is 9.53 Å². The fraction of sp³-hybridized carbons (Fsp3) is 0.533. The quantitative estimate of drug-likeness (QED) is 0.822. The maximum Gasteiger partial charge on any atom is 0.251 e. The first-order chi connectivity index (χ1) is 10.1. The van der Waals surface area contributed by atoms with Crippen molar-refractivity contribution in [3.63, 3.8) is 0 Å². The molecule has 2 fully saturated rings. The third-order valence-electron chi connectivity index (χ3n) is 4.08. The molecule has 1 aromatic rings. The number of carbonyl (C=O) groups excluding carboxylic acids is 1. The number of morpholine rings is 1. The molecule has 2 unspecified atom stereocenters. The molecule has 0 bridgehead atoms. The van der Waals surface area contributed by atoms with Crippen LogP contribution in [0.5, 0.6) is 0 Å². The van der Waals surface area contributed by atoms with E-state index in [0.717, 1.165) is 28.6 Å². The van der Waals surface area contributed by atoms with Crippen molar-refractivity contribution in [3.8, 4) is 0 Å². The fourth-order valence-corrected chi connectivity index (χ4v) is 4.30. The van der Waals surface area contributed by atoms with Gasteiger partial charge in [-0.05, 0) is 37.6 Å². The van der Waals surface area contributed by atoms with Gasteiger partial charge in [-0.2, -0.15) is 0 Å². The van der Waals surface area contributed by atoms with E-state index in [0.29, 0.717) is 18.2 Å². The normalized spacial score (nSPS) is 25.6. The van der Waals surface area contributed by atoms with Crippen LogP contribution < -0.4 is 5.32 Å². The van der Waals surface area contributed by atoms with Gasteiger partial charge in [-0.15, -0.1) is 0 Å². The minimum absolute atomic E-state index is 0.0656. The summed E-state index contributed by atoms with van der Waals surface area (Å²) >= 11 is 6.80. The highest BCUT2D eigenvalue weighted by atomic mass is 79.9.